The third kappa shape index (κ3) is 6.51. The summed E-state index contributed by atoms with van der Waals surface area (Å²) in [6.45, 7) is 2.42. The number of carbonyl (C=O) groups is 3. The Hall–Kier alpha value is -4.11. The molecule has 9 nitrogen and oxygen atoms in total. The van der Waals surface area contributed by atoms with E-state index in [1.54, 1.807) is 11.0 Å². The molecule has 9 heteroatoms. The molecular formula is C27H29N5O4. The molecular weight excluding hydrogens is 458 g/mol. The van der Waals surface area contributed by atoms with Crippen LogP contribution in [0.5, 0.6) is 0 Å². The van der Waals surface area contributed by atoms with Gasteiger partial charge >= 0.3 is 5.97 Å². The van der Waals surface area contributed by atoms with E-state index in [0.717, 1.165) is 11.1 Å². The monoisotopic (exact) mass is 487 g/mol. The van der Waals surface area contributed by atoms with E-state index in [0.29, 0.717) is 37.7 Å². The molecule has 1 atom stereocenters. The van der Waals surface area contributed by atoms with Crippen molar-refractivity contribution >= 4 is 17.8 Å². The Balaban J connectivity index is 1.63. The van der Waals surface area contributed by atoms with Gasteiger partial charge in [0, 0.05) is 43.7 Å². The SMILES string of the molecule is O=C(O)CCCC(NC(=O)c1cc(-c2ccccc2)nc(-c2ccccc2)n1)C(=O)N1CCNCC1. The fourth-order valence-corrected chi connectivity index (χ4v) is 4.09. The van der Waals surface area contributed by atoms with Crippen molar-refractivity contribution in [3.8, 4) is 22.6 Å². The van der Waals surface area contributed by atoms with Crippen molar-refractivity contribution in [1.82, 2.24) is 25.5 Å². The quantitative estimate of drug-likeness (QED) is 0.424. The molecule has 2 aromatic carbocycles. The summed E-state index contributed by atoms with van der Waals surface area (Å²) in [6.07, 6.45) is 0.417. The first-order valence-corrected chi connectivity index (χ1v) is 12.0. The molecule has 1 saturated heterocycles. The normalized spacial score (nSPS) is 14.2. The van der Waals surface area contributed by atoms with Gasteiger partial charge in [0.15, 0.2) is 5.82 Å². The van der Waals surface area contributed by atoms with E-state index < -0.39 is 17.9 Å². The predicted octanol–water partition coefficient (Wildman–Crippen LogP) is 2.60. The number of hydrogen-bond donors (Lipinski definition) is 3. The number of carboxylic acids is 1. The lowest BCUT2D eigenvalue weighted by Gasteiger charge is -2.31. The Kier molecular flexibility index (Phi) is 8.36. The average molecular weight is 488 g/mol. The first-order chi connectivity index (χ1) is 17.5. The summed E-state index contributed by atoms with van der Waals surface area (Å²) in [5.41, 5.74) is 2.32. The highest BCUT2D eigenvalue weighted by atomic mass is 16.4. The Labute approximate surface area is 209 Å². The van der Waals surface area contributed by atoms with Crippen molar-refractivity contribution in [1.29, 1.82) is 0 Å². The molecule has 1 unspecified atom stereocenters. The van der Waals surface area contributed by atoms with Crippen molar-refractivity contribution in [2.45, 2.75) is 25.3 Å². The van der Waals surface area contributed by atoms with Crippen molar-refractivity contribution in [3.63, 3.8) is 0 Å². The molecule has 1 fully saturated rings. The van der Waals surface area contributed by atoms with Crippen LogP contribution in [-0.4, -0.2) is 70.0 Å². The highest BCUT2D eigenvalue weighted by molar-refractivity contribution is 5.97. The lowest BCUT2D eigenvalue weighted by molar-refractivity contribution is -0.138. The third-order valence-corrected chi connectivity index (χ3v) is 5.98. The Bertz CT molecular complexity index is 1140. The second-order valence-corrected chi connectivity index (χ2v) is 8.58. The highest BCUT2D eigenvalue weighted by Gasteiger charge is 2.28. The molecule has 2 amide bonds. The zero-order chi connectivity index (χ0) is 25.3. The van der Waals surface area contributed by atoms with Crippen LogP contribution in [0.3, 0.4) is 0 Å². The summed E-state index contributed by atoms with van der Waals surface area (Å²) < 4.78 is 0. The standard InChI is InChI=1S/C27H29N5O4/c33-24(34)13-7-12-21(27(36)32-16-14-28-15-17-32)31-26(35)23-18-22(19-8-3-1-4-9-19)29-25(30-23)20-10-5-2-6-11-20/h1-6,8-11,18,21,28H,7,12-17H2,(H,31,35)(H,33,34). The summed E-state index contributed by atoms with van der Waals surface area (Å²) in [7, 11) is 0. The number of nitrogens with zero attached hydrogens (tertiary/aromatic N) is 3. The molecule has 36 heavy (non-hydrogen) atoms. The maximum atomic E-state index is 13.4. The maximum absolute atomic E-state index is 13.4. The van der Waals surface area contributed by atoms with Gasteiger partial charge in [-0.15, -0.1) is 0 Å². The van der Waals surface area contributed by atoms with Crippen LogP contribution < -0.4 is 10.6 Å². The van der Waals surface area contributed by atoms with Crippen LogP contribution in [0.1, 0.15) is 29.8 Å². The number of benzene rings is 2. The zero-order valence-electron chi connectivity index (χ0n) is 19.9. The lowest BCUT2D eigenvalue weighted by atomic mass is 10.1. The van der Waals surface area contributed by atoms with Gasteiger partial charge < -0.3 is 20.6 Å². The number of piperazine rings is 1. The number of carboxylic acid groups (broad SMARTS) is 1. The molecule has 0 radical (unpaired) electrons. The van der Waals surface area contributed by atoms with Gasteiger partial charge in [0.05, 0.1) is 5.69 Å². The zero-order valence-corrected chi connectivity index (χ0v) is 19.9. The van der Waals surface area contributed by atoms with Crippen molar-refractivity contribution in [2.75, 3.05) is 26.2 Å². The molecule has 1 aliphatic rings. The molecule has 2 heterocycles. The summed E-state index contributed by atoms with van der Waals surface area (Å²) in [5, 5.41) is 15.1. The van der Waals surface area contributed by atoms with Crippen LogP contribution in [0, 0.1) is 0 Å². The average Bonchev–Trinajstić information content (AvgIpc) is 2.93. The third-order valence-electron chi connectivity index (χ3n) is 5.98. The summed E-state index contributed by atoms with van der Waals surface area (Å²) in [4.78, 5) is 48.5. The fraction of sp³-hybridized carbons (Fsp3) is 0.296. The summed E-state index contributed by atoms with van der Waals surface area (Å²) in [6, 6.07) is 19.6. The van der Waals surface area contributed by atoms with Crippen LogP contribution in [0.4, 0.5) is 0 Å². The summed E-state index contributed by atoms with van der Waals surface area (Å²) >= 11 is 0. The second-order valence-electron chi connectivity index (χ2n) is 8.58. The number of rotatable bonds is 9. The van der Waals surface area contributed by atoms with Gasteiger partial charge in [-0.2, -0.15) is 0 Å². The fourth-order valence-electron chi connectivity index (χ4n) is 4.09. The van der Waals surface area contributed by atoms with E-state index in [-0.39, 0.29) is 30.9 Å². The molecule has 1 aliphatic heterocycles. The minimum Gasteiger partial charge on any atom is -0.481 e. The van der Waals surface area contributed by atoms with E-state index in [1.165, 1.54) is 0 Å². The molecule has 0 bridgehead atoms. The molecule has 1 aromatic heterocycles. The maximum Gasteiger partial charge on any atom is 0.303 e. The van der Waals surface area contributed by atoms with Crippen LogP contribution in [0.2, 0.25) is 0 Å². The first kappa shape index (κ1) is 25.0. The van der Waals surface area contributed by atoms with E-state index >= 15 is 0 Å². The van der Waals surface area contributed by atoms with Gasteiger partial charge in [-0.05, 0) is 18.9 Å². The molecule has 186 valence electrons. The van der Waals surface area contributed by atoms with Crippen molar-refractivity contribution in [3.05, 3.63) is 72.4 Å². The topological polar surface area (TPSA) is 125 Å². The molecule has 0 saturated carbocycles. The van der Waals surface area contributed by atoms with Crippen LogP contribution in [0.15, 0.2) is 66.7 Å². The number of aromatic nitrogens is 2. The minimum atomic E-state index is -0.939. The Morgan fingerprint density at radius 2 is 1.58 bits per heavy atom. The number of hydrogen-bond acceptors (Lipinski definition) is 6. The van der Waals surface area contributed by atoms with Gasteiger partial charge in [0.1, 0.15) is 11.7 Å². The predicted molar refractivity (Wildman–Crippen MR) is 135 cm³/mol. The Morgan fingerprint density at radius 3 is 2.22 bits per heavy atom. The number of nitrogens with one attached hydrogen (secondary N) is 2. The second kappa shape index (κ2) is 12.0. The first-order valence-electron chi connectivity index (χ1n) is 12.0. The van der Waals surface area contributed by atoms with Crippen LogP contribution in [-0.2, 0) is 9.59 Å². The lowest BCUT2D eigenvalue weighted by Crippen LogP contribution is -2.54. The number of aliphatic carboxylic acids is 1. The molecule has 3 N–H and O–H groups in total. The molecule has 0 spiro atoms. The van der Waals surface area contributed by atoms with Gasteiger partial charge in [0.25, 0.3) is 5.91 Å². The molecule has 0 aliphatic carbocycles. The van der Waals surface area contributed by atoms with Gasteiger partial charge in [-0.25, -0.2) is 9.97 Å². The largest absolute Gasteiger partial charge is 0.481 e. The van der Waals surface area contributed by atoms with Gasteiger partial charge in [0.2, 0.25) is 5.91 Å². The number of amides is 2. The molecule has 4 rings (SSSR count). The van der Waals surface area contributed by atoms with Gasteiger partial charge in [-0.3, -0.25) is 14.4 Å². The van der Waals surface area contributed by atoms with E-state index in [9.17, 15) is 14.4 Å². The van der Waals surface area contributed by atoms with Crippen LogP contribution >= 0.6 is 0 Å². The Morgan fingerprint density at radius 1 is 0.944 bits per heavy atom. The van der Waals surface area contributed by atoms with E-state index in [2.05, 4.69) is 20.6 Å². The number of carbonyl (C=O) groups excluding carboxylic acids is 2. The summed E-state index contributed by atoms with van der Waals surface area (Å²) in [5.74, 6) is -1.25. The van der Waals surface area contributed by atoms with Crippen LogP contribution in [0.25, 0.3) is 22.6 Å². The molecule has 3 aromatic rings. The smallest absolute Gasteiger partial charge is 0.303 e. The van der Waals surface area contributed by atoms with E-state index in [1.807, 2.05) is 60.7 Å². The minimum absolute atomic E-state index is 0.0783. The highest BCUT2D eigenvalue weighted by Crippen LogP contribution is 2.22. The van der Waals surface area contributed by atoms with Crippen molar-refractivity contribution in [2.24, 2.45) is 0 Å². The van der Waals surface area contributed by atoms with Gasteiger partial charge in [-0.1, -0.05) is 60.7 Å². The van der Waals surface area contributed by atoms with E-state index in [4.69, 9.17) is 5.11 Å². The van der Waals surface area contributed by atoms with Crippen molar-refractivity contribution < 1.29 is 19.5 Å².